The van der Waals surface area contributed by atoms with E-state index in [1.54, 1.807) is 6.20 Å². The van der Waals surface area contributed by atoms with Gasteiger partial charge in [-0.15, -0.1) is 0 Å². The van der Waals surface area contributed by atoms with Gasteiger partial charge in [-0.3, -0.25) is 9.78 Å². The first-order chi connectivity index (χ1) is 11.5. The Morgan fingerprint density at radius 1 is 1.33 bits per heavy atom. The number of nitrogens with zero attached hydrogens (tertiary/aromatic N) is 5. The van der Waals surface area contributed by atoms with Crippen LogP contribution in [0.1, 0.15) is 35.9 Å². The lowest BCUT2D eigenvalue weighted by atomic mass is 9.96. The van der Waals surface area contributed by atoms with Crippen LogP contribution in [0.4, 0.5) is 5.95 Å². The maximum absolute atomic E-state index is 12.4. The molecule has 0 spiro atoms. The van der Waals surface area contributed by atoms with Gasteiger partial charge in [-0.05, 0) is 36.6 Å². The molecule has 3 rings (SSSR count). The van der Waals surface area contributed by atoms with Crippen LogP contribution in [0, 0.1) is 6.92 Å². The SMILES string of the molecule is Cc1ccc(CC(=O)N2CCC(c3nc(N(C)C)no3)CC2)cn1. The summed E-state index contributed by atoms with van der Waals surface area (Å²) in [5.74, 6) is 1.65. The van der Waals surface area contributed by atoms with Crippen LogP contribution in [0.25, 0.3) is 0 Å². The van der Waals surface area contributed by atoms with Gasteiger partial charge in [0.05, 0.1) is 6.42 Å². The largest absolute Gasteiger partial charge is 0.344 e. The highest BCUT2D eigenvalue weighted by molar-refractivity contribution is 5.78. The first-order valence-electron chi connectivity index (χ1n) is 8.23. The number of aryl methyl sites for hydroxylation is 1. The minimum Gasteiger partial charge on any atom is -0.344 e. The molecule has 0 aliphatic carbocycles. The van der Waals surface area contributed by atoms with Crippen molar-refractivity contribution in [2.24, 2.45) is 0 Å². The first kappa shape index (κ1) is 16.4. The van der Waals surface area contributed by atoms with Crippen LogP contribution in [0.2, 0.25) is 0 Å². The zero-order valence-electron chi connectivity index (χ0n) is 14.4. The number of likely N-dealkylation sites (tertiary alicyclic amines) is 1. The van der Waals surface area contributed by atoms with E-state index in [1.165, 1.54) is 0 Å². The van der Waals surface area contributed by atoms with Crippen LogP contribution in [0.3, 0.4) is 0 Å². The number of pyridine rings is 1. The molecule has 3 heterocycles. The van der Waals surface area contributed by atoms with Gasteiger partial charge < -0.3 is 14.3 Å². The first-order valence-corrected chi connectivity index (χ1v) is 8.23. The second-order valence-corrected chi connectivity index (χ2v) is 6.47. The summed E-state index contributed by atoms with van der Waals surface area (Å²) in [7, 11) is 3.77. The molecule has 24 heavy (non-hydrogen) atoms. The third-order valence-electron chi connectivity index (χ3n) is 4.36. The molecule has 0 saturated carbocycles. The second kappa shape index (κ2) is 6.98. The average Bonchev–Trinajstić information content (AvgIpc) is 3.07. The predicted molar refractivity (Wildman–Crippen MR) is 89.9 cm³/mol. The summed E-state index contributed by atoms with van der Waals surface area (Å²) in [6.07, 6.45) is 3.89. The highest BCUT2D eigenvalue weighted by Crippen LogP contribution is 2.28. The van der Waals surface area contributed by atoms with Crippen molar-refractivity contribution in [3.8, 4) is 0 Å². The Labute approximate surface area is 141 Å². The fraction of sp³-hybridized carbons (Fsp3) is 0.529. The standard InChI is InChI=1S/C17H23N5O2/c1-12-4-5-13(11-18-12)10-15(23)22-8-6-14(7-9-22)16-19-17(20-24-16)21(2)3/h4-5,11,14H,6-10H2,1-3H3. The number of hydrogen-bond donors (Lipinski definition) is 0. The van der Waals surface area contributed by atoms with Crippen molar-refractivity contribution in [1.82, 2.24) is 20.0 Å². The molecule has 1 fully saturated rings. The quantitative estimate of drug-likeness (QED) is 0.851. The minimum atomic E-state index is 0.151. The molecule has 0 unspecified atom stereocenters. The van der Waals surface area contributed by atoms with Crippen molar-refractivity contribution in [2.75, 3.05) is 32.1 Å². The Morgan fingerprint density at radius 2 is 2.08 bits per heavy atom. The van der Waals surface area contributed by atoms with Crippen LogP contribution >= 0.6 is 0 Å². The van der Waals surface area contributed by atoms with E-state index in [1.807, 2.05) is 43.0 Å². The number of hydrogen-bond acceptors (Lipinski definition) is 6. The third-order valence-corrected chi connectivity index (χ3v) is 4.36. The zero-order valence-corrected chi connectivity index (χ0v) is 14.4. The van der Waals surface area contributed by atoms with Gasteiger partial charge in [0.15, 0.2) is 0 Å². The smallest absolute Gasteiger partial charge is 0.265 e. The third kappa shape index (κ3) is 3.72. The average molecular weight is 329 g/mol. The molecule has 1 saturated heterocycles. The second-order valence-electron chi connectivity index (χ2n) is 6.47. The molecule has 2 aromatic heterocycles. The van der Waals surface area contributed by atoms with Gasteiger partial charge in [0.1, 0.15) is 0 Å². The fourth-order valence-corrected chi connectivity index (χ4v) is 2.84. The molecule has 0 N–H and O–H groups in total. The minimum absolute atomic E-state index is 0.151. The molecular weight excluding hydrogens is 306 g/mol. The van der Waals surface area contributed by atoms with E-state index in [9.17, 15) is 4.79 Å². The number of rotatable bonds is 4. The van der Waals surface area contributed by atoms with Gasteiger partial charge in [0.2, 0.25) is 11.8 Å². The molecule has 2 aromatic rings. The molecule has 0 atom stereocenters. The number of piperidine rings is 1. The predicted octanol–water partition coefficient (Wildman–Crippen LogP) is 1.79. The molecule has 7 heteroatoms. The lowest BCUT2D eigenvalue weighted by molar-refractivity contribution is -0.131. The Hall–Kier alpha value is -2.44. The number of carbonyl (C=O) groups excluding carboxylic acids is 1. The van der Waals surface area contributed by atoms with Gasteiger partial charge >= 0.3 is 0 Å². The molecule has 7 nitrogen and oxygen atoms in total. The maximum Gasteiger partial charge on any atom is 0.265 e. The van der Waals surface area contributed by atoms with Crippen LogP contribution in [0.5, 0.6) is 0 Å². The lowest BCUT2D eigenvalue weighted by Gasteiger charge is -2.30. The highest BCUT2D eigenvalue weighted by Gasteiger charge is 2.27. The lowest BCUT2D eigenvalue weighted by Crippen LogP contribution is -2.38. The van der Waals surface area contributed by atoms with E-state index < -0.39 is 0 Å². The number of amides is 1. The van der Waals surface area contributed by atoms with Gasteiger partial charge in [0, 0.05) is 45.0 Å². The Bertz CT molecular complexity index is 687. The number of anilines is 1. The van der Waals surface area contributed by atoms with E-state index in [0.717, 1.165) is 37.2 Å². The zero-order chi connectivity index (χ0) is 17.1. The molecular formula is C17H23N5O2. The molecule has 1 aliphatic heterocycles. The monoisotopic (exact) mass is 329 g/mol. The van der Waals surface area contributed by atoms with Gasteiger partial charge in [-0.25, -0.2) is 0 Å². The number of carbonyl (C=O) groups is 1. The highest BCUT2D eigenvalue weighted by atomic mass is 16.5. The molecule has 0 aromatic carbocycles. The van der Waals surface area contributed by atoms with Crippen molar-refractivity contribution in [3.05, 3.63) is 35.5 Å². The fourth-order valence-electron chi connectivity index (χ4n) is 2.84. The van der Waals surface area contributed by atoms with E-state index in [4.69, 9.17) is 4.52 Å². The van der Waals surface area contributed by atoms with Crippen LogP contribution in [0.15, 0.2) is 22.9 Å². The summed E-state index contributed by atoms with van der Waals surface area (Å²) in [5, 5.41) is 3.96. The summed E-state index contributed by atoms with van der Waals surface area (Å²) in [6, 6.07) is 3.90. The van der Waals surface area contributed by atoms with Crippen LogP contribution in [-0.4, -0.2) is 53.1 Å². The summed E-state index contributed by atoms with van der Waals surface area (Å²) >= 11 is 0. The van der Waals surface area contributed by atoms with Crippen molar-refractivity contribution in [2.45, 2.75) is 32.1 Å². The summed E-state index contributed by atoms with van der Waals surface area (Å²) in [6.45, 7) is 3.39. The summed E-state index contributed by atoms with van der Waals surface area (Å²) in [4.78, 5) is 24.8. The molecule has 0 bridgehead atoms. The maximum atomic E-state index is 12.4. The van der Waals surface area contributed by atoms with Crippen LogP contribution < -0.4 is 4.90 Å². The van der Waals surface area contributed by atoms with E-state index >= 15 is 0 Å². The van der Waals surface area contributed by atoms with Crippen molar-refractivity contribution >= 4 is 11.9 Å². The molecule has 1 aliphatic rings. The Balaban J connectivity index is 1.54. The Morgan fingerprint density at radius 3 is 2.67 bits per heavy atom. The van der Waals surface area contributed by atoms with Crippen LogP contribution in [-0.2, 0) is 11.2 Å². The summed E-state index contributed by atoms with van der Waals surface area (Å²) in [5.41, 5.74) is 1.92. The van der Waals surface area contributed by atoms with Crippen molar-refractivity contribution < 1.29 is 9.32 Å². The van der Waals surface area contributed by atoms with Gasteiger partial charge in [-0.2, -0.15) is 4.98 Å². The van der Waals surface area contributed by atoms with E-state index in [2.05, 4.69) is 15.1 Å². The van der Waals surface area contributed by atoms with Gasteiger partial charge in [0.25, 0.3) is 5.95 Å². The summed E-state index contributed by atoms with van der Waals surface area (Å²) < 4.78 is 5.35. The van der Waals surface area contributed by atoms with Crippen molar-refractivity contribution in [1.29, 1.82) is 0 Å². The molecule has 128 valence electrons. The molecule has 0 radical (unpaired) electrons. The van der Waals surface area contributed by atoms with E-state index in [-0.39, 0.29) is 11.8 Å². The Kier molecular flexibility index (Phi) is 4.78. The topological polar surface area (TPSA) is 75.4 Å². The molecule has 1 amide bonds. The van der Waals surface area contributed by atoms with Gasteiger partial charge in [-0.1, -0.05) is 6.07 Å². The van der Waals surface area contributed by atoms with E-state index in [0.29, 0.717) is 18.3 Å². The number of aromatic nitrogens is 3. The van der Waals surface area contributed by atoms with Crippen molar-refractivity contribution in [3.63, 3.8) is 0 Å². The normalized spacial score (nSPS) is 15.5.